The van der Waals surface area contributed by atoms with Crippen molar-refractivity contribution in [2.45, 2.75) is 18.2 Å². The predicted octanol–water partition coefficient (Wildman–Crippen LogP) is 3.62. The van der Waals surface area contributed by atoms with Crippen LogP contribution in [0.4, 0.5) is 4.39 Å². The van der Waals surface area contributed by atoms with Crippen LogP contribution in [0.2, 0.25) is 5.15 Å². The second-order valence-electron chi connectivity index (χ2n) is 6.94. The summed E-state index contributed by atoms with van der Waals surface area (Å²) >= 11 is 6.40. The zero-order chi connectivity index (χ0) is 24.2. The number of hydrogen-bond donors (Lipinski definition) is 2. The molecule has 0 unspecified atom stereocenters. The molecule has 0 bridgehead atoms. The Kier molecular flexibility index (Phi) is 7.42. The molecule has 0 aliphatic heterocycles. The number of carbonyl (C=O) groups is 2. The van der Waals surface area contributed by atoms with Crippen LogP contribution < -0.4 is 4.72 Å². The number of nitrogens with zero attached hydrogens (tertiary/aromatic N) is 2. The second kappa shape index (κ2) is 10.1. The van der Waals surface area contributed by atoms with Crippen molar-refractivity contribution in [3.63, 3.8) is 0 Å². The summed E-state index contributed by atoms with van der Waals surface area (Å²) in [6, 6.07) is 10.9. The highest BCUT2D eigenvalue weighted by Gasteiger charge is 2.16. The summed E-state index contributed by atoms with van der Waals surface area (Å²) in [7, 11) is -3.89. The van der Waals surface area contributed by atoms with Gasteiger partial charge in [0.05, 0.1) is 22.7 Å². The zero-order valence-corrected chi connectivity index (χ0v) is 18.9. The molecule has 0 saturated carbocycles. The first-order chi connectivity index (χ1) is 15.6. The molecule has 33 heavy (non-hydrogen) atoms. The number of rotatable bonds is 9. The number of carbonyl (C=O) groups excluding carboxylic acids is 1. The number of aryl methyl sites for hydroxylation is 1. The molecule has 8 nitrogen and oxygen atoms in total. The van der Waals surface area contributed by atoms with Gasteiger partial charge in [-0.15, -0.1) is 0 Å². The molecule has 0 fully saturated rings. The van der Waals surface area contributed by atoms with Crippen molar-refractivity contribution < 1.29 is 27.5 Å². The topological polar surface area (TPSA) is 118 Å². The van der Waals surface area contributed by atoms with E-state index in [2.05, 4.69) is 9.82 Å². The van der Waals surface area contributed by atoms with Crippen LogP contribution >= 0.6 is 11.6 Å². The Morgan fingerprint density at radius 3 is 2.39 bits per heavy atom. The Bertz CT molecular complexity index is 1320. The Hall–Kier alpha value is -3.34. The van der Waals surface area contributed by atoms with E-state index in [-0.39, 0.29) is 40.2 Å². The van der Waals surface area contributed by atoms with E-state index in [0.29, 0.717) is 16.9 Å². The molecule has 2 N–H and O–H groups in total. The number of nitrogens with one attached hydrogen (secondary N) is 1. The SMILES string of the molecule is Cc1nn(-c2ccc(F)cc2)c(Cl)c1/C=C/C(=O)c1ccc(S(=O)(=O)NCCC(=O)O)cc1. The molecular weight excluding hydrogens is 473 g/mol. The van der Waals surface area contributed by atoms with Gasteiger partial charge in [-0.1, -0.05) is 11.6 Å². The highest BCUT2D eigenvalue weighted by molar-refractivity contribution is 7.89. The summed E-state index contributed by atoms with van der Waals surface area (Å²) in [4.78, 5) is 23.0. The van der Waals surface area contributed by atoms with E-state index < -0.39 is 16.0 Å². The van der Waals surface area contributed by atoms with Crippen molar-refractivity contribution >= 4 is 39.5 Å². The van der Waals surface area contributed by atoms with Gasteiger partial charge < -0.3 is 5.11 Å². The highest BCUT2D eigenvalue weighted by atomic mass is 35.5. The number of halogens is 2. The number of benzene rings is 2. The van der Waals surface area contributed by atoms with Gasteiger partial charge in [-0.05, 0) is 67.6 Å². The van der Waals surface area contributed by atoms with E-state index >= 15 is 0 Å². The smallest absolute Gasteiger partial charge is 0.304 e. The number of carboxylic acids is 1. The number of ketones is 1. The average molecular weight is 492 g/mol. The maximum Gasteiger partial charge on any atom is 0.304 e. The van der Waals surface area contributed by atoms with Gasteiger partial charge in [0.1, 0.15) is 11.0 Å². The number of carboxylic acid groups (broad SMARTS) is 1. The third kappa shape index (κ3) is 5.92. The van der Waals surface area contributed by atoms with Crippen LogP contribution in [0.5, 0.6) is 0 Å². The molecule has 0 atom stereocenters. The zero-order valence-electron chi connectivity index (χ0n) is 17.3. The van der Waals surface area contributed by atoms with Gasteiger partial charge in [0.2, 0.25) is 10.0 Å². The molecule has 0 aliphatic rings. The molecule has 0 spiro atoms. The molecule has 3 rings (SSSR count). The average Bonchev–Trinajstić information content (AvgIpc) is 3.05. The molecule has 1 heterocycles. The Labute approximate surface area is 194 Å². The third-order valence-corrected chi connectivity index (χ3v) is 6.44. The van der Waals surface area contributed by atoms with Gasteiger partial charge in [0, 0.05) is 17.7 Å². The normalized spacial score (nSPS) is 11.7. The van der Waals surface area contributed by atoms with Crippen molar-refractivity contribution in [3.8, 4) is 5.69 Å². The van der Waals surface area contributed by atoms with Gasteiger partial charge in [-0.25, -0.2) is 22.2 Å². The van der Waals surface area contributed by atoms with Crippen LogP contribution in [-0.4, -0.2) is 41.6 Å². The minimum absolute atomic E-state index is 0.0899. The summed E-state index contributed by atoms with van der Waals surface area (Å²) in [6.45, 7) is 1.47. The lowest BCUT2D eigenvalue weighted by molar-refractivity contribution is -0.136. The van der Waals surface area contributed by atoms with Crippen LogP contribution in [0.15, 0.2) is 59.5 Å². The van der Waals surface area contributed by atoms with E-state index in [4.69, 9.17) is 16.7 Å². The fraction of sp³-hybridized carbons (Fsp3) is 0.136. The monoisotopic (exact) mass is 491 g/mol. The molecule has 0 saturated heterocycles. The Morgan fingerprint density at radius 1 is 1.15 bits per heavy atom. The summed E-state index contributed by atoms with van der Waals surface area (Å²) < 4.78 is 41.1. The van der Waals surface area contributed by atoms with Gasteiger partial charge in [-0.3, -0.25) is 9.59 Å². The van der Waals surface area contributed by atoms with Crippen molar-refractivity contribution in [2.75, 3.05) is 6.54 Å². The van der Waals surface area contributed by atoms with Gasteiger partial charge in [0.15, 0.2) is 5.78 Å². The second-order valence-corrected chi connectivity index (χ2v) is 9.07. The van der Waals surface area contributed by atoms with Crippen LogP contribution in [0, 0.1) is 12.7 Å². The molecule has 0 radical (unpaired) electrons. The molecule has 3 aromatic rings. The highest BCUT2D eigenvalue weighted by Crippen LogP contribution is 2.25. The molecule has 0 amide bonds. The molecule has 0 aliphatic carbocycles. The molecule has 172 valence electrons. The maximum absolute atomic E-state index is 13.2. The minimum Gasteiger partial charge on any atom is -0.481 e. The molecule has 11 heteroatoms. The fourth-order valence-corrected chi connectivity index (χ4v) is 4.25. The van der Waals surface area contributed by atoms with Gasteiger partial charge in [0.25, 0.3) is 0 Å². The quantitative estimate of drug-likeness (QED) is 0.348. The summed E-state index contributed by atoms with van der Waals surface area (Å²) in [6.07, 6.45) is 2.45. The van der Waals surface area contributed by atoms with E-state index in [0.717, 1.165) is 0 Å². The lowest BCUT2D eigenvalue weighted by Crippen LogP contribution is -2.26. The largest absolute Gasteiger partial charge is 0.481 e. The fourth-order valence-electron chi connectivity index (χ4n) is 2.88. The first-order valence-electron chi connectivity index (χ1n) is 9.63. The van der Waals surface area contributed by atoms with Crippen LogP contribution in [-0.2, 0) is 14.8 Å². The first kappa shape index (κ1) is 24.3. The van der Waals surface area contributed by atoms with Gasteiger partial charge >= 0.3 is 5.97 Å². The van der Waals surface area contributed by atoms with Gasteiger partial charge in [-0.2, -0.15) is 5.10 Å². The Balaban J connectivity index is 1.75. The van der Waals surface area contributed by atoms with Crippen LogP contribution in [0.1, 0.15) is 28.0 Å². The summed E-state index contributed by atoms with van der Waals surface area (Å²) in [5.74, 6) is -1.90. The molecular formula is C22H19ClFN3O5S. The standard InChI is InChI=1S/C22H19ClFN3O5S/c1-14-19(22(23)27(26-14)17-6-4-16(24)5-7-17)10-11-20(28)15-2-8-18(9-3-15)33(31,32)25-13-12-21(29)30/h2-11,25H,12-13H2,1H3,(H,29,30)/b11-10+. The van der Waals surface area contributed by atoms with E-state index in [1.54, 1.807) is 6.92 Å². The van der Waals surface area contributed by atoms with Crippen molar-refractivity contribution in [3.05, 3.63) is 82.4 Å². The summed E-state index contributed by atoms with van der Waals surface area (Å²) in [5, 5.41) is 13.2. The lowest BCUT2D eigenvalue weighted by atomic mass is 10.1. The van der Waals surface area contributed by atoms with Crippen molar-refractivity contribution in [2.24, 2.45) is 0 Å². The predicted molar refractivity (Wildman–Crippen MR) is 121 cm³/mol. The van der Waals surface area contributed by atoms with E-state index in [9.17, 15) is 22.4 Å². The Morgan fingerprint density at radius 2 is 1.79 bits per heavy atom. The number of sulfonamides is 1. The minimum atomic E-state index is -3.89. The molecule has 2 aromatic carbocycles. The van der Waals surface area contributed by atoms with Crippen molar-refractivity contribution in [1.82, 2.24) is 14.5 Å². The number of aromatic nitrogens is 2. The van der Waals surface area contributed by atoms with Crippen molar-refractivity contribution in [1.29, 1.82) is 0 Å². The van der Waals surface area contributed by atoms with E-state index in [1.165, 1.54) is 65.4 Å². The number of allylic oxidation sites excluding steroid dienone is 1. The number of hydrogen-bond acceptors (Lipinski definition) is 5. The number of aliphatic carboxylic acids is 1. The third-order valence-electron chi connectivity index (χ3n) is 4.60. The maximum atomic E-state index is 13.2. The van der Waals surface area contributed by atoms with Crippen LogP contribution in [0.25, 0.3) is 11.8 Å². The molecule has 1 aromatic heterocycles. The lowest BCUT2D eigenvalue weighted by Gasteiger charge is -2.06. The van der Waals surface area contributed by atoms with Crippen LogP contribution in [0.3, 0.4) is 0 Å². The van der Waals surface area contributed by atoms with E-state index in [1.807, 2.05) is 0 Å². The summed E-state index contributed by atoms with van der Waals surface area (Å²) in [5.41, 5.74) is 1.87. The first-order valence-corrected chi connectivity index (χ1v) is 11.5.